The molecule has 0 spiro atoms. The van der Waals surface area contributed by atoms with Crippen LogP contribution in [0.2, 0.25) is 0 Å². The highest BCUT2D eigenvalue weighted by Gasteiger charge is 2.22. The topological polar surface area (TPSA) is 41.9 Å². The van der Waals surface area contributed by atoms with E-state index < -0.39 is 0 Å². The summed E-state index contributed by atoms with van der Waals surface area (Å²) in [5.74, 6) is 1.74. The smallest absolute Gasteiger partial charge is 0.122 e. The molecular weight excluding hydrogens is 398 g/mol. The van der Waals surface area contributed by atoms with Gasteiger partial charge in [-0.05, 0) is 47.2 Å². The van der Waals surface area contributed by atoms with E-state index in [9.17, 15) is 5.11 Å². The minimum absolute atomic E-state index is 0.0574. The Morgan fingerprint density at radius 2 is 1.28 bits per heavy atom. The van der Waals surface area contributed by atoms with Gasteiger partial charge in [0, 0.05) is 19.1 Å². The molecule has 1 unspecified atom stereocenters. The standard InChI is InChI=1S/C28H35NO3/c1-4-11-24-17-28(32-3)25(18-27(24)31-2)16-26(21-30)29(19-22-12-7-5-8-13-22)20-23-14-9-6-10-15-23/h5-10,12-15,17-18,26,30H,4,11,16,19-21H2,1-3H3. The minimum Gasteiger partial charge on any atom is -0.496 e. The largest absolute Gasteiger partial charge is 0.496 e. The van der Waals surface area contributed by atoms with E-state index in [0.29, 0.717) is 6.42 Å². The molecule has 3 aromatic rings. The summed E-state index contributed by atoms with van der Waals surface area (Å²) in [5, 5.41) is 10.4. The second-order valence-electron chi connectivity index (χ2n) is 8.14. The van der Waals surface area contributed by atoms with E-state index in [1.807, 2.05) is 12.1 Å². The highest BCUT2D eigenvalue weighted by atomic mass is 16.5. The van der Waals surface area contributed by atoms with Crippen LogP contribution in [-0.2, 0) is 25.9 Å². The Kier molecular flexibility index (Phi) is 9.14. The van der Waals surface area contributed by atoms with Gasteiger partial charge in [0.2, 0.25) is 0 Å². The number of methoxy groups -OCH3 is 2. The van der Waals surface area contributed by atoms with Gasteiger partial charge in [0.25, 0.3) is 0 Å². The van der Waals surface area contributed by atoms with Crippen LogP contribution >= 0.6 is 0 Å². The van der Waals surface area contributed by atoms with Crippen molar-refractivity contribution in [3.05, 3.63) is 95.1 Å². The Morgan fingerprint density at radius 3 is 1.75 bits per heavy atom. The first-order chi connectivity index (χ1) is 15.7. The molecule has 0 aliphatic rings. The molecule has 0 bridgehead atoms. The van der Waals surface area contributed by atoms with Crippen molar-refractivity contribution in [1.29, 1.82) is 0 Å². The maximum atomic E-state index is 10.4. The van der Waals surface area contributed by atoms with Crippen LogP contribution in [0.1, 0.15) is 35.6 Å². The molecule has 0 heterocycles. The second-order valence-corrected chi connectivity index (χ2v) is 8.14. The second kappa shape index (κ2) is 12.3. The maximum Gasteiger partial charge on any atom is 0.122 e. The molecule has 3 rings (SSSR count). The molecule has 1 N–H and O–H groups in total. The number of aliphatic hydroxyl groups is 1. The fourth-order valence-corrected chi connectivity index (χ4v) is 4.16. The number of ether oxygens (including phenoxy) is 2. The van der Waals surface area contributed by atoms with Crippen molar-refractivity contribution in [2.45, 2.75) is 45.3 Å². The molecule has 0 saturated carbocycles. The summed E-state index contributed by atoms with van der Waals surface area (Å²) >= 11 is 0. The number of hydrogen-bond donors (Lipinski definition) is 1. The van der Waals surface area contributed by atoms with E-state index >= 15 is 0 Å². The molecule has 32 heavy (non-hydrogen) atoms. The SMILES string of the molecule is CCCc1cc(OC)c(CC(CO)N(Cc2ccccc2)Cc2ccccc2)cc1OC. The van der Waals surface area contributed by atoms with Crippen LogP contribution in [0.15, 0.2) is 72.8 Å². The summed E-state index contributed by atoms with van der Waals surface area (Å²) in [7, 11) is 3.42. The summed E-state index contributed by atoms with van der Waals surface area (Å²) in [6.45, 7) is 3.73. The first kappa shape index (κ1) is 23.8. The van der Waals surface area contributed by atoms with Gasteiger partial charge in [0.15, 0.2) is 0 Å². The molecule has 1 atom stereocenters. The normalized spacial score (nSPS) is 12.0. The van der Waals surface area contributed by atoms with Gasteiger partial charge in [-0.25, -0.2) is 0 Å². The predicted molar refractivity (Wildman–Crippen MR) is 130 cm³/mol. The Labute approximate surface area is 192 Å². The van der Waals surface area contributed by atoms with Crippen LogP contribution in [-0.4, -0.2) is 36.9 Å². The van der Waals surface area contributed by atoms with Gasteiger partial charge in [0.1, 0.15) is 11.5 Å². The Balaban J connectivity index is 1.90. The molecule has 0 aliphatic carbocycles. The van der Waals surface area contributed by atoms with Gasteiger partial charge in [-0.1, -0.05) is 74.0 Å². The van der Waals surface area contributed by atoms with Gasteiger partial charge >= 0.3 is 0 Å². The first-order valence-electron chi connectivity index (χ1n) is 11.3. The zero-order valence-corrected chi connectivity index (χ0v) is 19.5. The third-order valence-corrected chi connectivity index (χ3v) is 5.84. The monoisotopic (exact) mass is 433 g/mol. The molecule has 0 saturated heterocycles. The molecule has 0 aliphatic heterocycles. The summed E-state index contributed by atoms with van der Waals surface area (Å²) in [5.41, 5.74) is 4.66. The summed E-state index contributed by atoms with van der Waals surface area (Å²) in [6, 6.07) is 24.9. The van der Waals surface area contributed by atoms with Crippen LogP contribution in [0.4, 0.5) is 0 Å². The van der Waals surface area contributed by atoms with E-state index in [1.54, 1.807) is 14.2 Å². The van der Waals surface area contributed by atoms with Crippen LogP contribution in [0.5, 0.6) is 11.5 Å². The zero-order valence-electron chi connectivity index (χ0n) is 19.5. The third kappa shape index (κ3) is 6.35. The molecule has 4 heteroatoms. The van der Waals surface area contributed by atoms with Crippen molar-refractivity contribution in [3.63, 3.8) is 0 Å². The fourth-order valence-electron chi connectivity index (χ4n) is 4.16. The van der Waals surface area contributed by atoms with Crippen molar-refractivity contribution in [1.82, 2.24) is 4.90 Å². The van der Waals surface area contributed by atoms with Crippen LogP contribution in [0.25, 0.3) is 0 Å². The van der Waals surface area contributed by atoms with Crippen molar-refractivity contribution in [2.75, 3.05) is 20.8 Å². The van der Waals surface area contributed by atoms with Crippen LogP contribution in [0, 0.1) is 0 Å². The molecule has 0 radical (unpaired) electrons. The van der Waals surface area contributed by atoms with Gasteiger partial charge in [0.05, 0.1) is 20.8 Å². The molecule has 0 amide bonds. The molecule has 4 nitrogen and oxygen atoms in total. The van der Waals surface area contributed by atoms with E-state index in [2.05, 4.69) is 72.5 Å². The molecule has 0 aromatic heterocycles. The van der Waals surface area contributed by atoms with Crippen molar-refractivity contribution in [3.8, 4) is 11.5 Å². The fraction of sp³-hybridized carbons (Fsp3) is 0.357. The lowest BCUT2D eigenvalue weighted by atomic mass is 9.98. The number of rotatable bonds is 12. The Morgan fingerprint density at radius 1 is 0.781 bits per heavy atom. The average molecular weight is 434 g/mol. The van der Waals surface area contributed by atoms with Crippen LogP contribution < -0.4 is 9.47 Å². The molecule has 3 aromatic carbocycles. The quantitative estimate of drug-likeness (QED) is 0.423. The molecular formula is C28H35NO3. The van der Waals surface area contributed by atoms with Crippen molar-refractivity contribution in [2.24, 2.45) is 0 Å². The Hall–Kier alpha value is -2.82. The van der Waals surface area contributed by atoms with E-state index in [1.165, 1.54) is 11.1 Å². The van der Waals surface area contributed by atoms with Crippen molar-refractivity contribution < 1.29 is 14.6 Å². The number of nitrogens with zero attached hydrogens (tertiary/aromatic N) is 1. The van der Waals surface area contributed by atoms with Crippen molar-refractivity contribution >= 4 is 0 Å². The third-order valence-electron chi connectivity index (χ3n) is 5.84. The molecule has 0 fully saturated rings. The zero-order chi connectivity index (χ0) is 22.8. The van der Waals surface area contributed by atoms with E-state index in [4.69, 9.17) is 9.47 Å². The first-order valence-corrected chi connectivity index (χ1v) is 11.3. The van der Waals surface area contributed by atoms with Crippen LogP contribution in [0.3, 0.4) is 0 Å². The lowest BCUT2D eigenvalue weighted by molar-refractivity contribution is 0.109. The number of aryl methyl sites for hydroxylation is 1. The van der Waals surface area contributed by atoms with Gasteiger partial charge in [-0.15, -0.1) is 0 Å². The molecule has 170 valence electrons. The number of hydrogen-bond acceptors (Lipinski definition) is 4. The minimum atomic E-state index is -0.0638. The highest BCUT2D eigenvalue weighted by Crippen LogP contribution is 2.31. The van der Waals surface area contributed by atoms with Gasteiger partial charge in [-0.2, -0.15) is 0 Å². The Bertz CT molecular complexity index is 902. The number of benzene rings is 3. The summed E-state index contributed by atoms with van der Waals surface area (Å²) < 4.78 is 11.4. The average Bonchev–Trinajstić information content (AvgIpc) is 2.84. The summed E-state index contributed by atoms with van der Waals surface area (Å²) in [4.78, 5) is 2.34. The number of aliphatic hydroxyl groups excluding tert-OH is 1. The van der Waals surface area contributed by atoms with Gasteiger partial charge in [-0.3, -0.25) is 4.90 Å². The lowest BCUT2D eigenvalue weighted by Crippen LogP contribution is -2.38. The predicted octanol–water partition coefficient (Wildman–Crippen LogP) is 5.26. The van der Waals surface area contributed by atoms with Gasteiger partial charge < -0.3 is 14.6 Å². The lowest BCUT2D eigenvalue weighted by Gasteiger charge is -2.31. The highest BCUT2D eigenvalue weighted by molar-refractivity contribution is 5.47. The van der Waals surface area contributed by atoms with E-state index in [0.717, 1.165) is 48.6 Å². The maximum absolute atomic E-state index is 10.4. The van der Waals surface area contributed by atoms with E-state index in [-0.39, 0.29) is 12.6 Å². The summed E-state index contributed by atoms with van der Waals surface area (Å²) in [6.07, 6.45) is 2.65.